The molecule has 0 amide bonds. The Morgan fingerprint density at radius 2 is 1.32 bits per heavy atom. The first-order valence-electron chi connectivity index (χ1n) is 6.88. The number of rotatable bonds is 3. The number of aromatic hydroxyl groups is 2. The molecule has 3 aromatic carbocycles. The van der Waals surface area contributed by atoms with Crippen LogP contribution >= 0.6 is 0 Å². The summed E-state index contributed by atoms with van der Waals surface area (Å²) >= 11 is 0. The van der Waals surface area contributed by atoms with E-state index in [2.05, 4.69) is 0 Å². The van der Waals surface area contributed by atoms with Gasteiger partial charge in [-0.25, -0.2) is 0 Å². The molecule has 0 saturated carbocycles. The van der Waals surface area contributed by atoms with Crippen LogP contribution in [0.2, 0.25) is 0 Å². The quantitative estimate of drug-likeness (QED) is 0.566. The van der Waals surface area contributed by atoms with Crippen molar-refractivity contribution in [1.82, 2.24) is 0 Å². The van der Waals surface area contributed by atoms with E-state index in [9.17, 15) is 15.0 Å². The van der Waals surface area contributed by atoms with Crippen molar-refractivity contribution < 1.29 is 15.0 Å². The van der Waals surface area contributed by atoms with Gasteiger partial charge >= 0.3 is 0 Å². The third-order valence-electron chi connectivity index (χ3n) is 3.50. The van der Waals surface area contributed by atoms with Crippen LogP contribution in [0.4, 0.5) is 0 Å². The highest BCUT2D eigenvalue weighted by Gasteiger charge is 2.20. The summed E-state index contributed by atoms with van der Waals surface area (Å²) in [5.74, 6) is -0.730. The molecule has 3 aromatic rings. The molecule has 0 aliphatic carbocycles. The van der Waals surface area contributed by atoms with Crippen LogP contribution in [0.1, 0.15) is 15.9 Å². The predicted molar refractivity (Wildman–Crippen MR) is 85.1 cm³/mol. The van der Waals surface area contributed by atoms with Crippen molar-refractivity contribution >= 4 is 5.78 Å². The van der Waals surface area contributed by atoms with Crippen LogP contribution in [-0.4, -0.2) is 16.0 Å². The molecular formula is C19H14O3. The van der Waals surface area contributed by atoms with Crippen molar-refractivity contribution in [3.63, 3.8) is 0 Å². The molecule has 0 aromatic heterocycles. The molecule has 0 bridgehead atoms. The Labute approximate surface area is 128 Å². The number of benzene rings is 3. The first-order valence-corrected chi connectivity index (χ1v) is 6.88. The van der Waals surface area contributed by atoms with E-state index in [1.54, 1.807) is 36.4 Å². The minimum absolute atomic E-state index is 0.199. The van der Waals surface area contributed by atoms with E-state index >= 15 is 0 Å². The topological polar surface area (TPSA) is 57.5 Å². The molecule has 0 spiro atoms. The summed E-state index contributed by atoms with van der Waals surface area (Å²) in [6.45, 7) is 0. The summed E-state index contributed by atoms with van der Waals surface area (Å²) in [5, 5.41) is 20.0. The highest BCUT2D eigenvalue weighted by atomic mass is 16.3. The Balaban J connectivity index is 2.21. The van der Waals surface area contributed by atoms with Crippen LogP contribution in [0.5, 0.6) is 11.5 Å². The highest BCUT2D eigenvalue weighted by molar-refractivity contribution is 6.13. The molecule has 22 heavy (non-hydrogen) atoms. The van der Waals surface area contributed by atoms with Gasteiger partial charge in [-0.3, -0.25) is 4.79 Å². The maximum atomic E-state index is 12.7. The monoisotopic (exact) mass is 290 g/mol. The van der Waals surface area contributed by atoms with Gasteiger partial charge in [-0.05, 0) is 17.7 Å². The Kier molecular flexibility index (Phi) is 3.62. The molecule has 3 heteroatoms. The van der Waals surface area contributed by atoms with E-state index in [-0.39, 0.29) is 17.3 Å². The Morgan fingerprint density at radius 1 is 0.727 bits per heavy atom. The molecular weight excluding hydrogens is 276 g/mol. The third-order valence-corrected chi connectivity index (χ3v) is 3.50. The zero-order valence-electron chi connectivity index (χ0n) is 11.7. The van der Waals surface area contributed by atoms with E-state index in [1.165, 1.54) is 12.1 Å². The van der Waals surface area contributed by atoms with Crippen LogP contribution in [0.25, 0.3) is 11.1 Å². The first kappa shape index (κ1) is 13.9. The molecule has 0 aliphatic heterocycles. The van der Waals surface area contributed by atoms with Gasteiger partial charge in [-0.2, -0.15) is 0 Å². The van der Waals surface area contributed by atoms with Crippen molar-refractivity contribution in [3.8, 4) is 22.6 Å². The van der Waals surface area contributed by atoms with E-state index in [4.69, 9.17) is 0 Å². The van der Waals surface area contributed by atoms with Gasteiger partial charge < -0.3 is 10.2 Å². The standard InChI is InChI=1S/C19H14O3/c20-16-12-11-15(18(21)14-9-5-2-6-10-14)17(19(16)22)13-7-3-1-4-8-13/h1-12,20,22H. The normalized spacial score (nSPS) is 10.4. The molecule has 0 saturated heterocycles. The Morgan fingerprint density at radius 3 is 1.95 bits per heavy atom. The van der Waals surface area contributed by atoms with Crippen LogP contribution in [0.3, 0.4) is 0 Å². The van der Waals surface area contributed by atoms with Gasteiger partial charge in [0.2, 0.25) is 0 Å². The molecule has 0 unspecified atom stereocenters. The maximum absolute atomic E-state index is 12.7. The average Bonchev–Trinajstić information content (AvgIpc) is 2.58. The SMILES string of the molecule is O=C(c1ccccc1)c1ccc(O)c(O)c1-c1ccccc1. The first-order chi connectivity index (χ1) is 10.7. The zero-order chi connectivity index (χ0) is 15.5. The summed E-state index contributed by atoms with van der Waals surface area (Å²) in [6.07, 6.45) is 0. The van der Waals surface area contributed by atoms with Crippen molar-refractivity contribution in [1.29, 1.82) is 0 Å². The lowest BCUT2D eigenvalue weighted by molar-refractivity contribution is 0.103. The van der Waals surface area contributed by atoms with E-state index in [0.717, 1.165) is 0 Å². The summed E-state index contributed by atoms with van der Waals surface area (Å²) < 4.78 is 0. The Hall–Kier alpha value is -3.07. The fourth-order valence-electron chi connectivity index (χ4n) is 2.41. The molecule has 108 valence electrons. The van der Waals surface area contributed by atoms with Gasteiger partial charge in [0.25, 0.3) is 0 Å². The minimum Gasteiger partial charge on any atom is -0.504 e. The molecule has 0 heterocycles. The second-order valence-electron chi connectivity index (χ2n) is 4.92. The molecule has 0 aliphatic rings. The van der Waals surface area contributed by atoms with Crippen LogP contribution in [0.15, 0.2) is 72.8 Å². The fraction of sp³-hybridized carbons (Fsp3) is 0. The lowest BCUT2D eigenvalue weighted by Gasteiger charge is -2.12. The minimum atomic E-state index is -0.284. The Bertz CT molecular complexity index is 809. The van der Waals surface area contributed by atoms with Crippen molar-refractivity contribution in [2.75, 3.05) is 0 Å². The molecule has 2 N–H and O–H groups in total. The van der Waals surface area contributed by atoms with Gasteiger partial charge in [0, 0.05) is 16.7 Å². The zero-order valence-corrected chi connectivity index (χ0v) is 11.7. The lowest BCUT2D eigenvalue weighted by Crippen LogP contribution is -2.03. The fourth-order valence-corrected chi connectivity index (χ4v) is 2.41. The van der Waals surface area contributed by atoms with E-state index in [0.29, 0.717) is 22.3 Å². The van der Waals surface area contributed by atoms with Crippen molar-refractivity contribution in [2.24, 2.45) is 0 Å². The molecule has 3 rings (SSSR count). The third kappa shape index (κ3) is 2.44. The van der Waals surface area contributed by atoms with E-state index in [1.807, 2.05) is 24.3 Å². The largest absolute Gasteiger partial charge is 0.504 e. The van der Waals surface area contributed by atoms with Crippen molar-refractivity contribution in [2.45, 2.75) is 0 Å². The number of phenols is 2. The van der Waals surface area contributed by atoms with Crippen LogP contribution < -0.4 is 0 Å². The summed E-state index contributed by atoms with van der Waals surface area (Å²) in [5.41, 5.74) is 1.90. The van der Waals surface area contributed by atoms with Gasteiger partial charge in [-0.1, -0.05) is 60.7 Å². The number of phenolic OH excluding ortho intramolecular Hbond substituents is 2. The second-order valence-corrected chi connectivity index (χ2v) is 4.92. The van der Waals surface area contributed by atoms with E-state index < -0.39 is 0 Å². The summed E-state index contributed by atoms with van der Waals surface area (Å²) in [7, 11) is 0. The van der Waals surface area contributed by atoms with Crippen LogP contribution in [0, 0.1) is 0 Å². The molecule has 3 nitrogen and oxygen atoms in total. The molecule has 0 fully saturated rings. The average molecular weight is 290 g/mol. The maximum Gasteiger partial charge on any atom is 0.193 e. The lowest BCUT2D eigenvalue weighted by atomic mass is 9.93. The van der Waals surface area contributed by atoms with Crippen molar-refractivity contribution in [3.05, 3.63) is 83.9 Å². The summed E-state index contributed by atoms with van der Waals surface area (Å²) in [6, 6.07) is 20.8. The smallest absolute Gasteiger partial charge is 0.193 e. The second kappa shape index (κ2) is 5.74. The summed E-state index contributed by atoms with van der Waals surface area (Å²) in [4.78, 5) is 12.7. The van der Waals surface area contributed by atoms with Gasteiger partial charge in [0.15, 0.2) is 17.3 Å². The van der Waals surface area contributed by atoms with Gasteiger partial charge in [0.1, 0.15) is 0 Å². The number of ketones is 1. The number of carbonyl (C=O) groups excluding carboxylic acids is 1. The molecule has 0 atom stereocenters. The van der Waals surface area contributed by atoms with Crippen LogP contribution in [-0.2, 0) is 0 Å². The number of hydrogen-bond donors (Lipinski definition) is 2. The van der Waals surface area contributed by atoms with Gasteiger partial charge in [-0.15, -0.1) is 0 Å². The number of carbonyl (C=O) groups is 1. The molecule has 0 radical (unpaired) electrons. The number of hydrogen-bond acceptors (Lipinski definition) is 3. The predicted octanol–water partition coefficient (Wildman–Crippen LogP) is 4.00. The highest BCUT2D eigenvalue weighted by Crippen LogP contribution is 2.39. The van der Waals surface area contributed by atoms with Gasteiger partial charge in [0.05, 0.1) is 0 Å².